The molecule has 1 heterocycles. The second-order valence-electron chi connectivity index (χ2n) is 7.14. The number of benzene rings is 1. The summed E-state index contributed by atoms with van der Waals surface area (Å²) in [7, 11) is 0. The van der Waals surface area contributed by atoms with E-state index in [1.54, 1.807) is 0 Å². The maximum Gasteiger partial charge on any atom is 0.125 e. The molecule has 0 aliphatic carbocycles. The van der Waals surface area contributed by atoms with Crippen LogP contribution in [0, 0.1) is 5.92 Å². The second kappa shape index (κ2) is 7.15. The van der Waals surface area contributed by atoms with Crippen molar-refractivity contribution in [1.82, 2.24) is 5.32 Å². The van der Waals surface area contributed by atoms with Crippen LogP contribution in [-0.2, 0) is 12.8 Å². The third-order valence-electron chi connectivity index (χ3n) is 3.95. The molecule has 1 unspecified atom stereocenters. The summed E-state index contributed by atoms with van der Waals surface area (Å²) in [6.07, 6.45) is 4.62. The summed E-state index contributed by atoms with van der Waals surface area (Å²) in [4.78, 5) is 0. The Bertz CT molecular complexity index is 479. The van der Waals surface area contributed by atoms with Crippen molar-refractivity contribution in [2.75, 3.05) is 13.2 Å². The highest BCUT2D eigenvalue weighted by atomic mass is 79.9. The lowest BCUT2D eigenvalue weighted by molar-refractivity contribution is 0.338. The molecule has 0 saturated carbocycles. The van der Waals surface area contributed by atoms with Crippen LogP contribution in [0.25, 0.3) is 0 Å². The molecule has 1 aliphatic heterocycles. The van der Waals surface area contributed by atoms with Crippen LogP contribution in [0.4, 0.5) is 0 Å². The van der Waals surface area contributed by atoms with Crippen LogP contribution in [-0.4, -0.2) is 18.7 Å². The zero-order valence-electron chi connectivity index (χ0n) is 13.8. The molecule has 21 heavy (non-hydrogen) atoms. The SMILES string of the molecule is CCCC(CNC(C)(C)C)Cc1cc(Br)cc2c1OCC2. The molecule has 1 aromatic carbocycles. The summed E-state index contributed by atoms with van der Waals surface area (Å²) in [6.45, 7) is 10.9. The summed E-state index contributed by atoms with van der Waals surface area (Å²) < 4.78 is 7.05. The number of ether oxygens (including phenoxy) is 1. The van der Waals surface area contributed by atoms with Crippen LogP contribution in [0.5, 0.6) is 5.75 Å². The molecule has 1 atom stereocenters. The summed E-state index contributed by atoms with van der Waals surface area (Å²) in [6, 6.07) is 4.44. The van der Waals surface area contributed by atoms with Gasteiger partial charge in [-0.15, -0.1) is 0 Å². The quantitative estimate of drug-likeness (QED) is 0.797. The molecule has 2 nitrogen and oxygen atoms in total. The number of hydrogen-bond donors (Lipinski definition) is 1. The average molecular weight is 354 g/mol. The van der Waals surface area contributed by atoms with Gasteiger partial charge in [0, 0.05) is 16.4 Å². The fraction of sp³-hybridized carbons (Fsp3) is 0.667. The number of fused-ring (bicyclic) bond motifs is 1. The van der Waals surface area contributed by atoms with Gasteiger partial charge in [0.15, 0.2) is 0 Å². The fourth-order valence-corrected chi connectivity index (χ4v) is 3.50. The van der Waals surface area contributed by atoms with Gasteiger partial charge in [-0.3, -0.25) is 0 Å². The van der Waals surface area contributed by atoms with Gasteiger partial charge in [-0.1, -0.05) is 29.3 Å². The molecular weight excluding hydrogens is 326 g/mol. The molecule has 0 spiro atoms. The van der Waals surface area contributed by atoms with E-state index in [0.717, 1.165) is 31.7 Å². The molecule has 0 bridgehead atoms. The van der Waals surface area contributed by atoms with E-state index in [4.69, 9.17) is 4.74 Å². The molecule has 3 heteroatoms. The van der Waals surface area contributed by atoms with Crippen molar-refractivity contribution in [3.63, 3.8) is 0 Å². The lowest BCUT2D eigenvalue weighted by Gasteiger charge is -2.25. The highest BCUT2D eigenvalue weighted by molar-refractivity contribution is 9.10. The van der Waals surface area contributed by atoms with E-state index < -0.39 is 0 Å². The summed E-state index contributed by atoms with van der Waals surface area (Å²) in [5, 5.41) is 3.66. The molecular formula is C18H28BrNO. The standard InChI is InChI=1S/C18H28BrNO/c1-5-6-13(12-20-18(2,3)4)9-15-11-16(19)10-14-7-8-21-17(14)15/h10-11,13,20H,5-9,12H2,1-4H3. The number of nitrogens with one attached hydrogen (secondary N) is 1. The van der Waals surface area contributed by atoms with Crippen LogP contribution in [0.2, 0.25) is 0 Å². The van der Waals surface area contributed by atoms with Crippen LogP contribution in [0.1, 0.15) is 51.7 Å². The predicted octanol–water partition coefficient (Wildman–Crippen LogP) is 4.73. The van der Waals surface area contributed by atoms with Gasteiger partial charge in [0.1, 0.15) is 5.75 Å². The highest BCUT2D eigenvalue weighted by Crippen LogP contribution is 2.34. The fourth-order valence-electron chi connectivity index (χ4n) is 2.94. The van der Waals surface area contributed by atoms with Gasteiger partial charge >= 0.3 is 0 Å². The molecule has 1 aliphatic rings. The van der Waals surface area contributed by atoms with Crippen molar-refractivity contribution in [3.8, 4) is 5.75 Å². The number of halogens is 1. The highest BCUT2D eigenvalue weighted by Gasteiger charge is 2.21. The lowest BCUT2D eigenvalue weighted by Crippen LogP contribution is -2.39. The van der Waals surface area contributed by atoms with Crippen LogP contribution in [0.3, 0.4) is 0 Å². The zero-order valence-corrected chi connectivity index (χ0v) is 15.3. The minimum atomic E-state index is 0.182. The van der Waals surface area contributed by atoms with Crippen molar-refractivity contribution in [2.45, 2.75) is 58.9 Å². The Hall–Kier alpha value is -0.540. The Balaban J connectivity index is 2.10. The molecule has 118 valence electrons. The van der Waals surface area contributed by atoms with Gasteiger partial charge in [-0.2, -0.15) is 0 Å². The first-order chi connectivity index (χ1) is 9.89. The van der Waals surface area contributed by atoms with Crippen LogP contribution >= 0.6 is 15.9 Å². The first-order valence-electron chi connectivity index (χ1n) is 8.08. The molecule has 0 fully saturated rings. The van der Waals surface area contributed by atoms with Crippen molar-refractivity contribution in [3.05, 3.63) is 27.7 Å². The monoisotopic (exact) mass is 353 g/mol. The van der Waals surface area contributed by atoms with Crippen molar-refractivity contribution in [1.29, 1.82) is 0 Å². The largest absolute Gasteiger partial charge is 0.493 e. The van der Waals surface area contributed by atoms with Gasteiger partial charge in [-0.25, -0.2) is 0 Å². The molecule has 0 aromatic heterocycles. The molecule has 0 amide bonds. The Morgan fingerprint density at radius 1 is 1.33 bits per heavy atom. The van der Waals surface area contributed by atoms with E-state index in [1.807, 2.05) is 0 Å². The smallest absolute Gasteiger partial charge is 0.125 e. The normalized spacial score (nSPS) is 15.7. The number of rotatable bonds is 6. The van der Waals surface area contributed by atoms with Crippen molar-refractivity contribution < 1.29 is 4.74 Å². The van der Waals surface area contributed by atoms with E-state index in [1.165, 1.54) is 28.4 Å². The maximum atomic E-state index is 5.87. The third kappa shape index (κ3) is 5.00. The topological polar surface area (TPSA) is 21.3 Å². The molecule has 0 radical (unpaired) electrons. The Kier molecular flexibility index (Phi) is 5.73. The first-order valence-corrected chi connectivity index (χ1v) is 8.87. The maximum absolute atomic E-state index is 5.87. The minimum Gasteiger partial charge on any atom is -0.493 e. The predicted molar refractivity (Wildman–Crippen MR) is 93.2 cm³/mol. The van der Waals surface area contributed by atoms with Crippen molar-refractivity contribution >= 4 is 15.9 Å². The molecule has 2 rings (SSSR count). The van der Waals surface area contributed by atoms with Gasteiger partial charge in [0.25, 0.3) is 0 Å². The summed E-state index contributed by atoms with van der Waals surface area (Å²) >= 11 is 3.64. The van der Waals surface area contributed by atoms with E-state index in [0.29, 0.717) is 5.92 Å². The van der Waals surface area contributed by atoms with E-state index >= 15 is 0 Å². The van der Waals surface area contributed by atoms with Gasteiger partial charge in [0.05, 0.1) is 6.61 Å². The third-order valence-corrected chi connectivity index (χ3v) is 4.41. The average Bonchev–Trinajstić information content (AvgIpc) is 2.83. The first kappa shape index (κ1) is 16.8. The van der Waals surface area contributed by atoms with E-state index in [9.17, 15) is 0 Å². The Labute approximate surface area is 137 Å². The van der Waals surface area contributed by atoms with Gasteiger partial charge in [-0.05, 0) is 69.3 Å². The summed E-state index contributed by atoms with van der Waals surface area (Å²) in [5.41, 5.74) is 2.91. The lowest BCUT2D eigenvalue weighted by atomic mass is 9.92. The van der Waals surface area contributed by atoms with Crippen LogP contribution in [0.15, 0.2) is 16.6 Å². The molecule has 0 saturated heterocycles. The van der Waals surface area contributed by atoms with Gasteiger partial charge < -0.3 is 10.1 Å². The zero-order chi connectivity index (χ0) is 15.5. The Morgan fingerprint density at radius 2 is 2.10 bits per heavy atom. The van der Waals surface area contributed by atoms with E-state index in [-0.39, 0.29) is 5.54 Å². The number of hydrogen-bond acceptors (Lipinski definition) is 2. The van der Waals surface area contributed by atoms with E-state index in [2.05, 4.69) is 61.1 Å². The van der Waals surface area contributed by atoms with Gasteiger partial charge in [0.2, 0.25) is 0 Å². The molecule has 1 N–H and O–H groups in total. The molecule has 1 aromatic rings. The Morgan fingerprint density at radius 3 is 2.76 bits per heavy atom. The van der Waals surface area contributed by atoms with Crippen molar-refractivity contribution in [2.24, 2.45) is 5.92 Å². The second-order valence-corrected chi connectivity index (χ2v) is 8.06. The minimum absolute atomic E-state index is 0.182. The van der Waals surface area contributed by atoms with Crippen LogP contribution < -0.4 is 10.1 Å². The summed E-state index contributed by atoms with van der Waals surface area (Å²) in [5.74, 6) is 1.81.